The average Bonchev–Trinajstić information content (AvgIpc) is 3.40. The Kier molecular flexibility index (Phi) is 6.12. The van der Waals surface area contributed by atoms with Crippen molar-refractivity contribution in [2.75, 3.05) is 17.2 Å². The second kappa shape index (κ2) is 9.03. The summed E-state index contributed by atoms with van der Waals surface area (Å²) < 4.78 is 5.07. The van der Waals surface area contributed by atoms with E-state index in [0.717, 1.165) is 10.5 Å². The summed E-state index contributed by atoms with van der Waals surface area (Å²) in [6.45, 7) is 3.00. The van der Waals surface area contributed by atoms with Crippen molar-refractivity contribution >= 4 is 46.7 Å². The molecule has 1 aromatic heterocycles. The van der Waals surface area contributed by atoms with Crippen molar-refractivity contribution in [3.05, 3.63) is 82.8 Å². The molecule has 0 radical (unpaired) electrons. The van der Waals surface area contributed by atoms with Crippen LogP contribution in [0.2, 0.25) is 5.02 Å². The van der Waals surface area contributed by atoms with Gasteiger partial charge in [0.15, 0.2) is 5.76 Å². The Bertz CT molecular complexity index is 1270. The van der Waals surface area contributed by atoms with Gasteiger partial charge in [-0.25, -0.2) is 4.79 Å². The number of hydrogen-bond donors (Lipinski definition) is 3. The van der Waals surface area contributed by atoms with Crippen molar-refractivity contribution in [1.82, 2.24) is 10.2 Å². The van der Waals surface area contributed by atoms with Gasteiger partial charge >= 0.3 is 6.03 Å². The van der Waals surface area contributed by atoms with Gasteiger partial charge < -0.3 is 20.4 Å². The molecule has 2 aromatic carbocycles. The molecular formula is C24H21ClN4O5. The predicted octanol–water partition coefficient (Wildman–Crippen LogP) is 3.90. The van der Waals surface area contributed by atoms with Crippen LogP contribution in [0.4, 0.5) is 16.2 Å². The lowest BCUT2D eigenvalue weighted by Gasteiger charge is -2.22. The molecular weight excluding hydrogens is 460 g/mol. The van der Waals surface area contributed by atoms with E-state index in [0.29, 0.717) is 10.6 Å². The van der Waals surface area contributed by atoms with Gasteiger partial charge in [0, 0.05) is 5.02 Å². The monoisotopic (exact) mass is 480 g/mol. The van der Waals surface area contributed by atoms with E-state index in [4.69, 9.17) is 16.0 Å². The number of hydrogen-bond acceptors (Lipinski definition) is 5. The third-order valence-electron chi connectivity index (χ3n) is 5.45. The van der Waals surface area contributed by atoms with Crippen LogP contribution in [-0.4, -0.2) is 35.2 Å². The molecule has 9 nitrogen and oxygen atoms in total. The normalized spacial score (nSPS) is 17.4. The van der Waals surface area contributed by atoms with Gasteiger partial charge in [-0.15, -0.1) is 0 Å². The van der Waals surface area contributed by atoms with E-state index in [1.807, 2.05) is 19.1 Å². The Morgan fingerprint density at radius 2 is 1.79 bits per heavy atom. The Hall–Kier alpha value is -4.11. The molecule has 5 amide bonds. The number of anilines is 2. The Morgan fingerprint density at radius 3 is 2.47 bits per heavy atom. The van der Waals surface area contributed by atoms with Crippen molar-refractivity contribution in [2.24, 2.45) is 0 Å². The molecule has 0 bridgehead atoms. The summed E-state index contributed by atoms with van der Waals surface area (Å²) in [6, 6.07) is 14.1. The van der Waals surface area contributed by atoms with Gasteiger partial charge in [-0.05, 0) is 49.7 Å². The zero-order valence-electron chi connectivity index (χ0n) is 18.3. The number of nitrogens with one attached hydrogen (secondary N) is 3. The van der Waals surface area contributed by atoms with Crippen molar-refractivity contribution in [3.8, 4) is 0 Å². The molecule has 1 saturated heterocycles. The van der Waals surface area contributed by atoms with Crippen LogP contribution < -0.4 is 16.0 Å². The molecule has 1 aliphatic heterocycles. The molecule has 0 saturated carbocycles. The maximum Gasteiger partial charge on any atom is 0.325 e. The number of imide groups is 1. The minimum atomic E-state index is -1.28. The van der Waals surface area contributed by atoms with E-state index >= 15 is 0 Å². The summed E-state index contributed by atoms with van der Waals surface area (Å²) in [7, 11) is 0. The fraction of sp³-hybridized carbons (Fsp3) is 0.167. The molecule has 1 aliphatic rings. The molecule has 0 aliphatic carbocycles. The maximum atomic E-state index is 13.1. The second-order valence-corrected chi connectivity index (χ2v) is 8.42. The number of nitrogens with zero attached hydrogens (tertiary/aromatic N) is 1. The molecule has 34 heavy (non-hydrogen) atoms. The molecule has 4 rings (SSSR count). The highest BCUT2D eigenvalue weighted by molar-refractivity contribution is 6.31. The fourth-order valence-corrected chi connectivity index (χ4v) is 3.75. The van der Waals surface area contributed by atoms with Crippen LogP contribution in [0, 0.1) is 6.92 Å². The Balaban J connectivity index is 1.48. The number of carbonyl (C=O) groups excluding carboxylic acids is 4. The molecule has 1 atom stereocenters. The number of rotatable bonds is 6. The van der Waals surface area contributed by atoms with Gasteiger partial charge in [0.1, 0.15) is 12.1 Å². The summed E-state index contributed by atoms with van der Waals surface area (Å²) in [5.41, 5.74) is 0.804. The maximum absolute atomic E-state index is 13.1. The standard InChI is InChI=1S/C24H21ClN4O5/c1-14-5-7-15(8-6-14)24(2)22(32)29(23(33)28-24)13-20(30)26-17-10-9-16(25)12-18(17)27-21(31)19-4-3-11-34-19/h3-12H,13H2,1-2H3,(H,26,30)(H,27,31)(H,28,33). The third-order valence-corrected chi connectivity index (χ3v) is 5.69. The smallest absolute Gasteiger partial charge is 0.325 e. The van der Waals surface area contributed by atoms with Gasteiger partial charge in [0.25, 0.3) is 11.8 Å². The molecule has 1 fully saturated rings. The number of amides is 5. The van der Waals surface area contributed by atoms with Gasteiger partial charge in [-0.2, -0.15) is 0 Å². The summed E-state index contributed by atoms with van der Waals surface area (Å²) in [5.74, 6) is -1.64. The number of carbonyl (C=O) groups is 4. The number of furan rings is 1. The minimum Gasteiger partial charge on any atom is -0.459 e. The van der Waals surface area contributed by atoms with Crippen LogP contribution in [0.25, 0.3) is 0 Å². The van der Waals surface area contributed by atoms with E-state index in [9.17, 15) is 19.2 Å². The topological polar surface area (TPSA) is 121 Å². The summed E-state index contributed by atoms with van der Waals surface area (Å²) in [4.78, 5) is 51.6. The highest BCUT2D eigenvalue weighted by Gasteiger charge is 2.49. The highest BCUT2D eigenvalue weighted by Crippen LogP contribution is 2.30. The van der Waals surface area contributed by atoms with Crippen molar-refractivity contribution in [3.63, 3.8) is 0 Å². The fourth-order valence-electron chi connectivity index (χ4n) is 3.58. The number of aryl methyl sites for hydroxylation is 1. The van der Waals surface area contributed by atoms with Crippen molar-refractivity contribution < 1.29 is 23.6 Å². The zero-order chi connectivity index (χ0) is 24.5. The Morgan fingerprint density at radius 1 is 1.06 bits per heavy atom. The van der Waals surface area contributed by atoms with E-state index in [2.05, 4.69) is 16.0 Å². The predicted molar refractivity (Wildman–Crippen MR) is 126 cm³/mol. The quantitative estimate of drug-likeness (QED) is 0.462. The average molecular weight is 481 g/mol. The van der Waals surface area contributed by atoms with E-state index in [-0.39, 0.29) is 17.1 Å². The number of halogens is 1. The first-order valence-electron chi connectivity index (χ1n) is 10.3. The van der Waals surface area contributed by atoms with Crippen LogP contribution in [0.5, 0.6) is 0 Å². The summed E-state index contributed by atoms with van der Waals surface area (Å²) in [6.07, 6.45) is 1.36. The molecule has 3 aromatic rings. The summed E-state index contributed by atoms with van der Waals surface area (Å²) >= 11 is 6.04. The van der Waals surface area contributed by atoms with Crippen LogP contribution in [0.1, 0.15) is 28.6 Å². The molecule has 2 heterocycles. The lowest BCUT2D eigenvalue weighted by atomic mass is 9.91. The first-order chi connectivity index (χ1) is 16.2. The van der Waals surface area contributed by atoms with Crippen LogP contribution >= 0.6 is 11.6 Å². The van der Waals surface area contributed by atoms with Crippen molar-refractivity contribution in [2.45, 2.75) is 19.4 Å². The first kappa shape index (κ1) is 23.1. The first-order valence-corrected chi connectivity index (χ1v) is 10.7. The van der Waals surface area contributed by atoms with E-state index in [1.165, 1.54) is 30.5 Å². The van der Waals surface area contributed by atoms with Crippen LogP contribution in [0.15, 0.2) is 65.3 Å². The number of benzene rings is 2. The lowest BCUT2D eigenvalue weighted by Crippen LogP contribution is -2.42. The van der Waals surface area contributed by atoms with Gasteiger partial charge in [0.05, 0.1) is 17.6 Å². The van der Waals surface area contributed by atoms with E-state index in [1.54, 1.807) is 25.1 Å². The summed E-state index contributed by atoms with van der Waals surface area (Å²) in [5, 5.41) is 8.23. The largest absolute Gasteiger partial charge is 0.459 e. The van der Waals surface area contributed by atoms with Gasteiger partial charge in [0.2, 0.25) is 5.91 Å². The van der Waals surface area contributed by atoms with Crippen LogP contribution in [-0.2, 0) is 15.1 Å². The molecule has 10 heteroatoms. The molecule has 174 valence electrons. The second-order valence-electron chi connectivity index (χ2n) is 7.98. The van der Waals surface area contributed by atoms with Crippen molar-refractivity contribution in [1.29, 1.82) is 0 Å². The molecule has 1 unspecified atom stereocenters. The van der Waals surface area contributed by atoms with E-state index < -0.39 is 35.8 Å². The van der Waals surface area contributed by atoms with Gasteiger partial charge in [-0.1, -0.05) is 41.4 Å². The minimum absolute atomic E-state index is 0.0759. The third kappa shape index (κ3) is 4.51. The highest BCUT2D eigenvalue weighted by atomic mass is 35.5. The van der Waals surface area contributed by atoms with Gasteiger partial charge in [-0.3, -0.25) is 19.3 Å². The molecule has 0 spiro atoms. The number of urea groups is 1. The molecule has 3 N–H and O–H groups in total. The van der Waals surface area contributed by atoms with Crippen LogP contribution in [0.3, 0.4) is 0 Å². The zero-order valence-corrected chi connectivity index (χ0v) is 19.1. The Labute approximate surface area is 200 Å². The SMILES string of the molecule is Cc1ccc(C2(C)NC(=O)N(CC(=O)Nc3ccc(Cl)cc3NC(=O)c3ccco3)C2=O)cc1. The lowest BCUT2D eigenvalue weighted by molar-refractivity contribution is -0.133.